The average molecular weight is 325 g/mol. The normalized spacial score (nSPS) is 16.5. The third-order valence-corrected chi connectivity index (χ3v) is 4.44. The predicted molar refractivity (Wildman–Crippen MR) is 94.9 cm³/mol. The van der Waals surface area contributed by atoms with Gasteiger partial charge >= 0.3 is 0 Å². The number of nitrogens with zero attached hydrogens (tertiary/aromatic N) is 1. The second-order valence-corrected chi connectivity index (χ2v) is 6.34. The molecule has 2 aromatic rings. The molecule has 126 valence electrons. The van der Waals surface area contributed by atoms with E-state index in [2.05, 4.69) is 13.0 Å². The van der Waals surface area contributed by atoms with E-state index in [0.717, 1.165) is 35.7 Å². The van der Waals surface area contributed by atoms with E-state index in [1.807, 2.05) is 41.3 Å². The van der Waals surface area contributed by atoms with Crippen LogP contribution >= 0.6 is 0 Å². The van der Waals surface area contributed by atoms with Crippen LogP contribution in [0.15, 0.2) is 42.5 Å². The van der Waals surface area contributed by atoms with E-state index < -0.39 is 0 Å². The summed E-state index contributed by atoms with van der Waals surface area (Å²) >= 11 is 0. The van der Waals surface area contributed by atoms with Crippen LogP contribution in [0, 0.1) is 5.92 Å². The maximum absolute atomic E-state index is 12.9. The number of hydrogen-bond donors (Lipinski definition) is 0. The van der Waals surface area contributed by atoms with Gasteiger partial charge in [-0.1, -0.05) is 25.1 Å². The molecule has 1 unspecified atom stereocenters. The average Bonchev–Trinajstić information content (AvgIpc) is 2.60. The number of fused-ring (bicyclic) bond motifs is 1. The Morgan fingerprint density at radius 3 is 2.62 bits per heavy atom. The van der Waals surface area contributed by atoms with Crippen LogP contribution in [0.2, 0.25) is 0 Å². The highest BCUT2D eigenvalue weighted by molar-refractivity contribution is 5.96. The molecule has 3 rings (SSSR count). The summed E-state index contributed by atoms with van der Waals surface area (Å²) < 4.78 is 10.6. The van der Waals surface area contributed by atoms with Gasteiger partial charge in [0.1, 0.15) is 11.5 Å². The summed E-state index contributed by atoms with van der Waals surface area (Å²) in [4.78, 5) is 14.8. The number of ether oxygens (including phenoxy) is 2. The van der Waals surface area contributed by atoms with E-state index in [1.54, 1.807) is 14.2 Å². The third kappa shape index (κ3) is 3.37. The summed E-state index contributed by atoms with van der Waals surface area (Å²) in [6.45, 7) is 2.92. The number of amides is 1. The molecule has 0 fully saturated rings. The lowest BCUT2D eigenvalue weighted by Crippen LogP contribution is -2.40. The van der Waals surface area contributed by atoms with Gasteiger partial charge in [0.05, 0.1) is 26.3 Å². The highest BCUT2D eigenvalue weighted by atomic mass is 16.5. The lowest BCUT2D eigenvalue weighted by molar-refractivity contribution is -0.118. The summed E-state index contributed by atoms with van der Waals surface area (Å²) in [5.74, 6) is 2.10. The van der Waals surface area contributed by atoms with Gasteiger partial charge in [0.15, 0.2) is 0 Å². The molecule has 0 saturated heterocycles. The Labute approximate surface area is 143 Å². The van der Waals surface area contributed by atoms with E-state index in [1.165, 1.54) is 5.56 Å². The van der Waals surface area contributed by atoms with E-state index in [9.17, 15) is 4.79 Å². The number of carbonyl (C=O) groups excluding carboxylic acids is 1. The van der Waals surface area contributed by atoms with Gasteiger partial charge in [-0.3, -0.25) is 4.79 Å². The molecule has 0 N–H and O–H groups in total. The van der Waals surface area contributed by atoms with Gasteiger partial charge in [0, 0.05) is 12.6 Å². The first-order valence-electron chi connectivity index (χ1n) is 8.21. The van der Waals surface area contributed by atoms with Crippen molar-refractivity contribution in [3.63, 3.8) is 0 Å². The second kappa shape index (κ2) is 6.95. The fourth-order valence-electron chi connectivity index (χ4n) is 3.23. The first-order valence-corrected chi connectivity index (χ1v) is 8.21. The number of rotatable bonds is 4. The van der Waals surface area contributed by atoms with E-state index in [-0.39, 0.29) is 5.91 Å². The van der Waals surface area contributed by atoms with E-state index in [0.29, 0.717) is 12.3 Å². The van der Waals surface area contributed by atoms with Crippen LogP contribution in [-0.2, 0) is 17.6 Å². The lowest BCUT2D eigenvalue weighted by Gasteiger charge is -2.33. The van der Waals surface area contributed by atoms with Gasteiger partial charge in [0.25, 0.3) is 0 Å². The van der Waals surface area contributed by atoms with Gasteiger partial charge < -0.3 is 14.4 Å². The molecule has 0 saturated carbocycles. The van der Waals surface area contributed by atoms with E-state index >= 15 is 0 Å². The van der Waals surface area contributed by atoms with Crippen LogP contribution in [0.5, 0.6) is 11.5 Å². The number of benzene rings is 2. The summed E-state index contributed by atoms with van der Waals surface area (Å²) in [6, 6.07) is 13.7. The quantitative estimate of drug-likeness (QED) is 0.864. The van der Waals surface area contributed by atoms with Crippen LogP contribution in [0.4, 0.5) is 5.69 Å². The van der Waals surface area contributed by atoms with Gasteiger partial charge in [-0.05, 0) is 41.7 Å². The van der Waals surface area contributed by atoms with Crippen molar-refractivity contribution >= 4 is 11.6 Å². The van der Waals surface area contributed by atoms with Crippen molar-refractivity contribution in [2.45, 2.75) is 19.8 Å². The molecule has 24 heavy (non-hydrogen) atoms. The fraction of sp³-hybridized carbons (Fsp3) is 0.350. The number of methoxy groups -OCH3 is 2. The minimum atomic E-state index is 0.101. The maximum Gasteiger partial charge on any atom is 0.231 e. The Morgan fingerprint density at radius 2 is 1.88 bits per heavy atom. The predicted octanol–water partition coefficient (Wildman–Crippen LogP) is 3.47. The fourth-order valence-corrected chi connectivity index (χ4v) is 3.23. The van der Waals surface area contributed by atoms with Crippen molar-refractivity contribution in [2.75, 3.05) is 25.7 Å². The molecule has 0 radical (unpaired) electrons. The topological polar surface area (TPSA) is 38.8 Å². The van der Waals surface area contributed by atoms with Crippen molar-refractivity contribution in [2.24, 2.45) is 5.92 Å². The summed E-state index contributed by atoms with van der Waals surface area (Å²) in [6.07, 6.45) is 1.35. The molecule has 4 heteroatoms. The Kier molecular flexibility index (Phi) is 4.74. The van der Waals surface area contributed by atoms with Crippen molar-refractivity contribution < 1.29 is 14.3 Å². The number of anilines is 1. The molecule has 1 aliphatic rings. The molecule has 0 aromatic heterocycles. The third-order valence-electron chi connectivity index (χ3n) is 4.44. The molecule has 1 heterocycles. The van der Waals surface area contributed by atoms with Gasteiger partial charge in [-0.25, -0.2) is 0 Å². The van der Waals surface area contributed by atoms with E-state index in [4.69, 9.17) is 9.47 Å². The van der Waals surface area contributed by atoms with Crippen LogP contribution in [0.3, 0.4) is 0 Å². The van der Waals surface area contributed by atoms with Crippen molar-refractivity contribution in [1.29, 1.82) is 0 Å². The molecular weight excluding hydrogens is 302 g/mol. The molecule has 2 aromatic carbocycles. The maximum atomic E-state index is 12.9. The Bertz CT molecular complexity index is 741. The van der Waals surface area contributed by atoms with Crippen molar-refractivity contribution in [3.05, 3.63) is 53.6 Å². The largest absolute Gasteiger partial charge is 0.497 e. The lowest BCUT2D eigenvalue weighted by atomic mass is 9.93. The van der Waals surface area contributed by atoms with Crippen LogP contribution in [-0.4, -0.2) is 26.7 Å². The zero-order valence-electron chi connectivity index (χ0n) is 14.4. The molecule has 4 nitrogen and oxygen atoms in total. The van der Waals surface area contributed by atoms with Crippen molar-refractivity contribution in [3.8, 4) is 11.5 Å². The Hall–Kier alpha value is -2.49. The first kappa shape index (κ1) is 16.4. The standard InChI is InChI=1S/C20H23NO3/c1-14-9-16-7-8-18(24-3)12-19(16)21(13-14)20(22)11-15-5-4-6-17(10-15)23-2/h4-8,10,12,14H,9,11,13H2,1-3H3. The highest BCUT2D eigenvalue weighted by Gasteiger charge is 2.26. The van der Waals surface area contributed by atoms with Crippen molar-refractivity contribution in [1.82, 2.24) is 0 Å². The zero-order valence-corrected chi connectivity index (χ0v) is 14.4. The minimum absolute atomic E-state index is 0.101. The second-order valence-electron chi connectivity index (χ2n) is 6.34. The first-order chi connectivity index (χ1) is 11.6. The number of carbonyl (C=O) groups is 1. The summed E-state index contributed by atoms with van der Waals surface area (Å²) in [5.41, 5.74) is 3.14. The molecule has 1 amide bonds. The zero-order chi connectivity index (χ0) is 17.1. The van der Waals surface area contributed by atoms with Crippen LogP contribution in [0.25, 0.3) is 0 Å². The summed E-state index contributed by atoms with van der Waals surface area (Å²) in [5, 5.41) is 0. The van der Waals surface area contributed by atoms with Crippen LogP contribution < -0.4 is 14.4 Å². The highest BCUT2D eigenvalue weighted by Crippen LogP contribution is 2.33. The Morgan fingerprint density at radius 1 is 1.12 bits per heavy atom. The smallest absolute Gasteiger partial charge is 0.231 e. The van der Waals surface area contributed by atoms with Crippen LogP contribution in [0.1, 0.15) is 18.1 Å². The van der Waals surface area contributed by atoms with Gasteiger partial charge in [-0.15, -0.1) is 0 Å². The molecule has 1 atom stereocenters. The molecule has 0 bridgehead atoms. The van der Waals surface area contributed by atoms with Gasteiger partial charge in [0.2, 0.25) is 5.91 Å². The molecule has 0 spiro atoms. The molecular formula is C20H23NO3. The summed E-state index contributed by atoms with van der Waals surface area (Å²) in [7, 11) is 3.28. The molecule has 1 aliphatic heterocycles. The monoisotopic (exact) mass is 325 g/mol. The van der Waals surface area contributed by atoms with Gasteiger partial charge in [-0.2, -0.15) is 0 Å². The molecule has 0 aliphatic carbocycles. The minimum Gasteiger partial charge on any atom is -0.497 e. The number of hydrogen-bond acceptors (Lipinski definition) is 3. The SMILES string of the molecule is COc1cccc(CC(=O)N2CC(C)Cc3ccc(OC)cc32)c1. The Balaban J connectivity index is 1.87.